The van der Waals surface area contributed by atoms with Crippen molar-refractivity contribution in [2.75, 3.05) is 5.73 Å². The molecule has 0 bridgehead atoms. The number of hydrogen-bond acceptors (Lipinski definition) is 2. The van der Waals surface area contributed by atoms with Crippen molar-refractivity contribution < 1.29 is 4.79 Å². The van der Waals surface area contributed by atoms with E-state index in [9.17, 15) is 4.79 Å². The minimum absolute atomic E-state index is 0.101. The van der Waals surface area contributed by atoms with Crippen molar-refractivity contribution in [2.24, 2.45) is 16.6 Å². The molecule has 0 saturated heterocycles. The van der Waals surface area contributed by atoms with Crippen LogP contribution in [0.4, 0.5) is 5.69 Å². The zero-order valence-electron chi connectivity index (χ0n) is 8.31. The lowest BCUT2D eigenvalue weighted by molar-refractivity contribution is -0.118. The third-order valence-corrected chi connectivity index (χ3v) is 2.34. The lowest BCUT2D eigenvalue weighted by atomic mass is 10.2. The summed E-state index contributed by atoms with van der Waals surface area (Å²) in [7, 11) is 0. The van der Waals surface area contributed by atoms with Gasteiger partial charge in [0.15, 0.2) is 0 Å². The third-order valence-electron chi connectivity index (χ3n) is 2.34. The molecule has 4 N–H and O–H groups in total. The summed E-state index contributed by atoms with van der Waals surface area (Å²) in [6, 6.07) is 7.04. The summed E-state index contributed by atoms with van der Waals surface area (Å²) in [5.74, 6) is 0.235. The van der Waals surface area contributed by atoms with Crippen LogP contribution >= 0.6 is 0 Å². The second-order valence-electron chi connectivity index (χ2n) is 3.74. The van der Waals surface area contributed by atoms with Crippen molar-refractivity contribution in [1.29, 1.82) is 0 Å². The minimum atomic E-state index is -0.116. The van der Waals surface area contributed by atoms with Crippen LogP contribution < -0.4 is 11.5 Å². The summed E-state index contributed by atoms with van der Waals surface area (Å²) in [5, 5.41) is 0. The van der Waals surface area contributed by atoms with Gasteiger partial charge in [0.2, 0.25) is 0 Å². The second-order valence-corrected chi connectivity index (χ2v) is 3.74. The molecular weight excluding hydrogens is 190 g/mol. The Morgan fingerprint density at radius 2 is 2.13 bits per heavy atom. The lowest BCUT2D eigenvalue weighted by Gasteiger charge is -2.01. The Balaban J connectivity index is 2.18. The molecule has 4 nitrogen and oxygen atoms in total. The number of nitrogens with two attached hydrogens (primary N) is 2. The first-order valence-corrected chi connectivity index (χ1v) is 4.91. The number of carbonyl (C=O) groups is 1. The molecule has 1 aliphatic rings. The fraction of sp³-hybridized carbons (Fsp3) is 0.273. The molecule has 0 unspecified atom stereocenters. The molecule has 1 aromatic rings. The quantitative estimate of drug-likeness (QED) is 0.426. The molecule has 2 rings (SSSR count). The zero-order chi connectivity index (χ0) is 10.8. The number of anilines is 1. The molecule has 15 heavy (non-hydrogen) atoms. The van der Waals surface area contributed by atoms with E-state index in [1.165, 1.54) is 0 Å². The fourth-order valence-corrected chi connectivity index (χ4v) is 1.30. The summed E-state index contributed by atoms with van der Waals surface area (Å²) < 4.78 is 0. The van der Waals surface area contributed by atoms with Crippen LogP contribution in [-0.2, 0) is 4.79 Å². The van der Waals surface area contributed by atoms with Gasteiger partial charge in [-0.3, -0.25) is 4.79 Å². The molecule has 1 fully saturated rings. The molecule has 1 aromatic carbocycles. The molecule has 1 aliphatic carbocycles. The Morgan fingerprint density at radius 3 is 2.73 bits per heavy atom. The van der Waals surface area contributed by atoms with Gasteiger partial charge in [-0.25, -0.2) is 0 Å². The van der Waals surface area contributed by atoms with Gasteiger partial charge in [-0.15, -0.1) is 0 Å². The highest BCUT2D eigenvalue weighted by atomic mass is 16.1. The van der Waals surface area contributed by atoms with Crippen LogP contribution in [0, 0.1) is 5.92 Å². The Kier molecular flexibility index (Phi) is 2.41. The topological polar surface area (TPSA) is 81.5 Å². The van der Waals surface area contributed by atoms with Crippen molar-refractivity contribution in [3.8, 4) is 0 Å². The highest BCUT2D eigenvalue weighted by Gasteiger charge is 2.29. The Morgan fingerprint density at radius 1 is 1.40 bits per heavy atom. The molecular formula is C11H13N3O. The number of nitrogen functional groups attached to an aromatic ring is 1. The van der Waals surface area contributed by atoms with Crippen LogP contribution in [0.1, 0.15) is 18.4 Å². The van der Waals surface area contributed by atoms with E-state index < -0.39 is 0 Å². The summed E-state index contributed by atoms with van der Waals surface area (Å²) in [4.78, 5) is 15.2. The van der Waals surface area contributed by atoms with E-state index >= 15 is 0 Å². The first-order valence-electron chi connectivity index (χ1n) is 4.91. The molecule has 0 heterocycles. The highest BCUT2D eigenvalue weighted by molar-refractivity contribution is 6.05. The number of nitrogens with zero attached hydrogens (tertiary/aromatic N) is 1. The van der Waals surface area contributed by atoms with Gasteiger partial charge in [0, 0.05) is 17.2 Å². The first-order chi connectivity index (χ1) is 7.16. The average molecular weight is 203 g/mol. The van der Waals surface area contributed by atoms with E-state index in [1.54, 1.807) is 24.3 Å². The molecule has 1 saturated carbocycles. The Bertz CT molecular complexity index is 422. The van der Waals surface area contributed by atoms with Crippen LogP contribution in [0.15, 0.2) is 29.3 Å². The molecule has 78 valence electrons. The van der Waals surface area contributed by atoms with E-state index in [1.807, 2.05) is 0 Å². The van der Waals surface area contributed by atoms with Crippen molar-refractivity contribution in [3.05, 3.63) is 29.8 Å². The third kappa shape index (κ3) is 2.34. The van der Waals surface area contributed by atoms with Crippen LogP contribution in [0.25, 0.3) is 0 Å². The molecule has 4 heteroatoms. The van der Waals surface area contributed by atoms with Gasteiger partial charge in [-0.1, -0.05) is 12.1 Å². The second kappa shape index (κ2) is 3.73. The van der Waals surface area contributed by atoms with Gasteiger partial charge in [-0.05, 0) is 25.0 Å². The number of carbonyl (C=O) groups excluding carboxylic acids is 1. The summed E-state index contributed by atoms with van der Waals surface area (Å²) in [5.41, 5.74) is 12.6. The predicted molar refractivity (Wildman–Crippen MR) is 59.3 cm³/mol. The van der Waals surface area contributed by atoms with E-state index in [0.717, 1.165) is 12.8 Å². The number of benzene rings is 1. The van der Waals surface area contributed by atoms with E-state index in [2.05, 4.69) is 4.99 Å². The van der Waals surface area contributed by atoms with Gasteiger partial charge in [0.1, 0.15) is 5.84 Å². The van der Waals surface area contributed by atoms with Crippen LogP contribution in [-0.4, -0.2) is 11.7 Å². The molecule has 0 spiro atoms. The SMILES string of the molecule is NC(=NC(=O)C1CC1)c1cccc(N)c1. The Hall–Kier alpha value is -1.84. The van der Waals surface area contributed by atoms with Crippen molar-refractivity contribution in [1.82, 2.24) is 0 Å². The summed E-state index contributed by atoms with van der Waals surface area (Å²) >= 11 is 0. The number of aliphatic imine (C=N–C) groups is 1. The van der Waals surface area contributed by atoms with Gasteiger partial charge in [0.05, 0.1) is 0 Å². The standard InChI is InChI=1S/C11H13N3O/c12-9-3-1-2-8(6-9)10(13)14-11(15)7-4-5-7/h1-3,6-7H,4-5,12H2,(H2,13,14,15). The largest absolute Gasteiger partial charge is 0.399 e. The first kappa shape index (κ1) is 9.71. The predicted octanol–water partition coefficient (Wildman–Crippen LogP) is 0.911. The van der Waals surface area contributed by atoms with Gasteiger partial charge < -0.3 is 11.5 Å². The van der Waals surface area contributed by atoms with E-state index in [-0.39, 0.29) is 17.7 Å². The van der Waals surface area contributed by atoms with Gasteiger partial charge in [-0.2, -0.15) is 4.99 Å². The smallest absolute Gasteiger partial charge is 0.250 e. The van der Waals surface area contributed by atoms with Crippen molar-refractivity contribution in [2.45, 2.75) is 12.8 Å². The normalized spacial score (nSPS) is 16.4. The maximum Gasteiger partial charge on any atom is 0.250 e. The van der Waals surface area contributed by atoms with Crippen LogP contribution in [0.2, 0.25) is 0 Å². The number of amidine groups is 1. The number of hydrogen-bond donors (Lipinski definition) is 2. The molecule has 0 atom stereocenters. The van der Waals surface area contributed by atoms with Crippen LogP contribution in [0.5, 0.6) is 0 Å². The lowest BCUT2D eigenvalue weighted by Crippen LogP contribution is -2.16. The fourth-order valence-electron chi connectivity index (χ4n) is 1.30. The molecule has 0 aliphatic heterocycles. The molecule has 0 aromatic heterocycles. The summed E-state index contributed by atoms with van der Waals surface area (Å²) in [6.07, 6.45) is 1.87. The van der Waals surface area contributed by atoms with Gasteiger partial charge >= 0.3 is 0 Å². The maximum atomic E-state index is 11.4. The maximum absolute atomic E-state index is 11.4. The number of rotatable bonds is 2. The average Bonchev–Trinajstić information content (AvgIpc) is 3.00. The molecule has 1 amide bonds. The van der Waals surface area contributed by atoms with Gasteiger partial charge in [0.25, 0.3) is 5.91 Å². The zero-order valence-corrected chi connectivity index (χ0v) is 8.31. The monoisotopic (exact) mass is 203 g/mol. The molecule has 0 radical (unpaired) electrons. The van der Waals surface area contributed by atoms with Crippen molar-refractivity contribution in [3.63, 3.8) is 0 Å². The van der Waals surface area contributed by atoms with Crippen LogP contribution in [0.3, 0.4) is 0 Å². The Labute approximate surface area is 88.0 Å². The number of amides is 1. The summed E-state index contributed by atoms with van der Waals surface area (Å²) in [6.45, 7) is 0. The minimum Gasteiger partial charge on any atom is -0.399 e. The van der Waals surface area contributed by atoms with Crippen molar-refractivity contribution >= 4 is 17.4 Å². The van der Waals surface area contributed by atoms with E-state index in [4.69, 9.17) is 11.5 Å². The van der Waals surface area contributed by atoms with E-state index in [0.29, 0.717) is 11.3 Å². The highest BCUT2D eigenvalue weighted by Crippen LogP contribution is 2.30.